The quantitative estimate of drug-likeness (QED) is 0.799. The Morgan fingerprint density at radius 2 is 1.71 bits per heavy atom. The molecular weight excluding hydrogens is 214 g/mol. The van der Waals surface area contributed by atoms with E-state index in [1.54, 1.807) is 7.11 Å². The smallest absolute Gasteiger partial charge is 0.127 e. The van der Waals surface area contributed by atoms with E-state index in [0.717, 1.165) is 17.1 Å². The molecular formula is C14H15NO2. The van der Waals surface area contributed by atoms with Crippen LogP contribution in [0.25, 0.3) is 0 Å². The van der Waals surface area contributed by atoms with Gasteiger partial charge in [-0.1, -0.05) is 30.3 Å². The van der Waals surface area contributed by atoms with Gasteiger partial charge >= 0.3 is 0 Å². The van der Waals surface area contributed by atoms with Crippen LogP contribution in [0.2, 0.25) is 0 Å². The maximum absolute atomic E-state index is 5.73. The highest BCUT2D eigenvalue weighted by molar-refractivity contribution is 5.33. The van der Waals surface area contributed by atoms with Gasteiger partial charge in [0.25, 0.3) is 0 Å². The standard InChI is InChI=1S/C14H15NO2/c1-16-15-11-12-6-5-9-14(10-12)17-13-7-3-2-4-8-13/h2-10,15H,11H2,1H3. The van der Waals surface area contributed by atoms with Crippen LogP contribution in [0.15, 0.2) is 54.6 Å². The largest absolute Gasteiger partial charge is 0.457 e. The van der Waals surface area contributed by atoms with Crippen molar-refractivity contribution in [3.8, 4) is 11.5 Å². The zero-order chi connectivity index (χ0) is 11.9. The van der Waals surface area contributed by atoms with Crippen molar-refractivity contribution >= 4 is 0 Å². The normalized spacial score (nSPS) is 10.2. The van der Waals surface area contributed by atoms with E-state index < -0.39 is 0 Å². The van der Waals surface area contributed by atoms with Crippen molar-refractivity contribution in [2.75, 3.05) is 7.11 Å². The van der Waals surface area contributed by atoms with E-state index in [9.17, 15) is 0 Å². The maximum atomic E-state index is 5.73. The van der Waals surface area contributed by atoms with Crippen LogP contribution in [-0.2, 0) is 11.4 Å². The van der Waals surface area contributed by atoms with Crippen molar-refractivity contribution in [1.29, 1.82) is 0 Å². The minimum atomic E-state index is 0.655. The highest BCUT2D eigenvalue weighted by Crippen LogP contribution is 2.21. The molecule has 0 aliphatic carbocycles. The van der Waals surface area contributed by atoms with Crippen LogP contribution in [0, 0.1) is 0 Å². The molecule has 3 nitrogen and oxygen atoms in total. The summed E-state index contributed by atoms with van der Waals surface area (Å²) in [7, 11) is 1.60. The summed E-state index contributed by atoms with van der Waals surface area (Å²) < 4.78 is 5.73. The summed E-state index contributed by atoms with van der Waals surface area (Å²) in [6.45, 7) is 0.655. The van der Waals surface area contributed by atoms with Crippen molar-refractivity contribution in [2.24, 2.45) is 0 Å². The van der Waals surface area contributed by atoms with Gasteiger partial charge in [0.05, 0.1) is 7.11 Å². The van der Waals surface area contributed by atoms with Crippen LogP contribution in [-0.4, -0.2) is 7.11 Å². The molecule has 0 aliphatic heterocycles. The first kappa shape index (κ1) is 11.6. The maximum Gasteiger partial charge on any atom is 0.127 e. The van der Waals surface area contributed by atoms with Gasteiger partial charge in [0.15, 0.2) is 0 Å². The zero-order valence-corrected chi connectivity index (χ0v) is 9.72. The second-order valence-corrected chi connectivity index (χ2v) is 3.59. The van der Waals surface area contributed by atoms with Crippen LogP contribution in [0.3, 0.4) is 0 Å². The highest BCUT2D eigenvalue weighted by Gasteiger charge is 1.98. The average Bonchev–Trinajstić information content (AvgIpc) is 2.38. The number of hydrogen-bond acceptors (Lipinski definition) is 3. The molecule has 0 unspecified atom stereocenters. The van der Waals surface area contributed by atoms with Gasteiger partial charge in [-0.05, 0) is 29.8 Å². The lowest BCUT2D eigenvalue weighted by molar-refractivity contribution is 0.0867. The lowest BCUT2D eigenvalue weighted by Crippen LogP contribution is -2.10. The first-order chi connectivity index (χ1) is 8.38. The SMILES string of the molecule is CONCc1cccc(Oc2ccccc2)c1. The van der Waals surface area contributed by atoms with Crippen LogP contribution in [0.5, 0.6) is 11.5 Å². The summed E-state index contributed by atoms with van der Waals surface area (Å²) in [6.07, 6.45) is 0. The lowest BCUT2D eigenvalue weighted by atomic mass is 10.2. The number of ether oxygens (including phenoxy) is 1. The molecule has 0 fully saturated rings. The fourth-order valence-corrected chi connectivity index (χ4v) is 1.50. The van der Waals surface area contributed by atoms with E-state index >= 15 is 0 Å². The number of nitrogens with one attached hydrogen (secondary N) is 1. The molecule has 0 aliphatic rings. The van der Waals surface area contributed by atoms with Crippen LogP contribution in [0.1, 0.15) is 5.56 Å². The number of rotatable bonds is 5. The molecule has 0 saturated carbocycles. The monoisotopic (exact) mass is 229 g/mol. The lowest BCUT2D eigenvalue weighted by Gasteiger charge is -2.07. The molecule has 2 aromatic carbocycles. The van der Waals surface area contributed by atoms with Crippen LogP contribution in [0.4, 0.5) is 0 Å². The Morgan fingerprint density at radius 3 is 2.47 bits per heavy atom. The summed E-state index contributed by atoms with van der Waals surface area (Å²) >= 11 is 0. The van der Waals surface area contributed by atoms with Crippen LogP contribution >= 0.6 is 0 Å². The fourth-order valence-electron chi connectivity index (χ4n) is 1.50. The molecule has 0 bridgehead atoms. The minimum absolute atomic E-state index is 0.655. The van der Waals surface area contributed by atoms with E-state index in [0.29, 0.717) is 6.54 Å². The molecule has 2 aromatic rings. The number of hydroxylamine groups is 1. The van der Waals surface area contributed by atoms with E-state index in [-0.39, 0.29) is 0 Å². The van der Waals surface area contributed by atoms with Gasteiger partial charge in [-0.2, -0.15) is 5.48 Å². The summed E-state index contributed by atoms with van der Waals surface area (Å²) in [5.74, 6) is 1.66. The van der Waals surface area contributed by atoms with Crippen molar-refractivity contribution in [3.63, 3.8) is 0 Å². The van der Waals surface area contributed by atoms with E-state index in [4.69, 9.17) is 9.57 Å². The summed E-state index contributed by atoms with van der Waals surface area (Å²) in [6, 6.07) is 17.6. The van der Waals surface area contributed by atoms with Gasteiger partial charge in [0, 0.05) is 6.54 Å². The van der Waals surface area contributed by atoms with Gasteiger partial charge in [0.1, 0.15) is 11.5 Å². The fraction of sp³-hybridized carbons (Fsp3) is 0.143. The summed E-state index contributed by atoms with van der Waals surface area (Å²) in [5, 5.41) is 0. The molecule has 0 amide bonds. The molecule has 1 N–H and O–H groups in total. The first-order valence-corrected chi connectivity index (χ1v) is 5.46. The Balaban J connectivity index is 2.06. The van der Waals surface area contributed by atoms with E-state index in [1.807, 2.05) is 54.6 Å². The number of benzene rings is 2. The van der Waals surface area contributed by atoms with Gasteiger partial charge in [-0.25, -0.2) is 0 Å². The van der Waals surface area contributed by atoms with E-state index in [2.05, 4.69) is 5.48 Å². The Labute approximate surface area is 101 Å². The highest BCUT2D eigenvalue weighted by atomic mass is 16.6. The molecule has 0 atom stereocenters. The van der Waals surface area contributed by atoms with Gasteiger partial charge in [-0.15, -0.1) is 0 Å². The second-order valence-electron chi connectivity index (χ2n) is 3.59. The first-order valence-electron chi connectivity index (χ1n) is 5.46. The van der Waals surface area contributed by atoms with Gasteiger partial charge in [-0.3, -0.25) is 0 Å². The van der Waals surface area contributed by atoms with E-state index in [1.165, 1.54) is 0 Å². The molecule has 0 aromatic heterocycles. The number of para-hydroxylation sites is 1. The molecule has 88 valence electrons. The molecule has 0 radical (unpaired) electrons. The Bertz CT molecular complexity index is 457. The predicted octanol–water partition coefficient (Wildman–Crippen LogP) is 3.13. The third-order valence-electron chi connectivity index (χ3n) is 2.30. The molecule has 2 rings (SSSR count). The molecule has 3 heteroatoms. The zero-order valence-electron chi connectivity index (χ0n) is 9.72. The predicted molar refractivity (Wildman–Crippen MR) is 66.8 cm³/mol. The Hall–Kier alpha value is -1.84. The second kappa shape index (κ2) is 6.03. The third-order valence-corrected chi connectivity index (χ3v) is 2.30. The molecule has 17 heavy (non-hydrogen) atoms. The Morgan fingerprint density at radius 1 is 0.941 bits per heavy atom. The van der Waals surface area contributed by atoms with Crippen molar-refractivity contribution in [1.82, 2.24) is 5.48 Å². The Kier molecular flexibility index (Phi) is 4.13. The van der Waals surface area contributed by atoms with Crippen molar-refractivity contribution < 1.29 is 9.57 Å². The molecule has 0 heterocycles. The minimum Gasteiger partial charge on any atom is -0.457 e. The van der Waals surface area contributed by atoms with Crippen LogP contribution < -0.4 is 10.2 Å². The number of hydrogen-bond donors (Lipinski definition) is 1. The summed E-state index contributed by atoms with van der Waals surface area (Å²) in [4.78, 5) is 4.81. The van der Waals surface area contributed by atoms with Gasteiger partial charge < -0.3 is 9.57 Å². The molecule has 0 saturated heterocycles. The summed E-state index contributed by atoms with van der Waals surface area (Å²) in [5.41, 5.74) is 3.91. The van der Waals surface area contributed by atoms with Crippen molar-refractivity contribution in [3.05, 3.63) is 60.2 Å². The topological polar surface area (TPSA) is 30.5 Å². The van der Waals surface area contributed by atoms with Gasteiger partial charge in [0.2, 0.25) is 0 Å². The molecule has 0 spiro atoms. The third kappa shape index (κ3) is 3.59. The average molecular weight is 229 g/mol. The van der Waals surface area contributed by atoms with Crippen molar-refractivity contribution in [2.45, 2.75) is 6.54 Å².